The van der Waals surface area contributed by atoms with E-state index in [1.54, 1.807) is 33.5 Å². The number of thioether (sulfide) groups is 1. The molecule has 4 aliphatic heterocycles. The minimum Gasteiger partial charge on any atom is -0.394 e. The summed E-state index contributed by atoms with van der Waals surface area (Å²) in [6.07, 6.45) is 8.49. The van der Waals surface area contributed by atoms with E-state index in [-0.39, 0.29) is 24.3 Å². The molecule has 8 heteroatoms. The molecule has 6 atom stereocenters. The number of benzene rings is 2. The van der Waals surface area contributed by atoms with Gasteiger partial charge in [-0.05, 0) is 49.9 Å². The molecule has 4 aliphatic rings. The Hall–Kier alpha value is -3.36. The molecule has 6 rings (SSSR count). The number of likely N-dealkylation sites (N-methyl/N-ethyl adjacent to an activating group) is 1. The quantitative estimate of drug-likeness (QED) is 0.556. The molecule has 1 spiro atoms. The maximum Gasteiger partial charge on any atom is 0.251 e. The van der Waals surface area contributed by atoms with E-state index < -0.39 is 33.4 Å². The lowest BCUT2D eigenvalue weighted by Gasteiger charge is -2.40. The number of nitrogens with zero attached hydrogens (tertiary/aromatic N) is 3. The molecule has 4 heterocycles. The molecule has 0 bridgehead atoms. The van der Waals surface area contributed by atoms with Gasteiger partial charge >= 0.3 is 0 Å². The summed E-state index contributed by atoms with van der Waals surface area (Å²) in [5, 5.41) is 10.7. The highest BCUT2D eigenvalue weighted by Gasteiger charge is 2.74. The summed E-state index contributed by atoms with van der Waals surface area (Å²) in [7, 11) is 1.77. The number of anilines is 1. The number of rotatable bonds is 5. The molecule has 7 nitrogen and oxygen atoms in total. The van der Waals surface area contributed by atoms with E-state index in [0.29, 0.717) is 19.5 Å². The third kappa shape index (κ3) is 4.26. The molecule has 0 radical (unpaired) electrons. The number of aryl methyl sites for hydroxylation is 2. The Labute approximate surface area is 245 Å². The maximum atomic E-state index is 14.9. The number of amides is 3. The average molecular weight is 572 g/mol. The fourth-order valence-electron chi connectivity index (χ4n) is 7.34. The third-order valence-electron chi connectivity index (χ3n) is 9.27. The van der Waals surface area contributed by atoms with Gasteiger partial charge in [-0.1, -0.05) is 66.8 Å². The largest absolute Gasteiger partial charge is 0.394 e. The molecule has 41 heavy (non-hydrogen) atoms. The summed E-state index contributed by atoms with van der Waals surface area (Å²) in [5.41, 5.74) is 3.80. The zero-order valence-electron chi connectivity index (χ0n) is 24.0. The van der Waals surface area contributed by atoms with Crippen molar-refractivity contribution in [3.63, 3.8) is 0 Å². The number of carbonyl (C=O) groups is 3. The smallest absolute Gasteiger partial charge is 0.251 e. The van der Waals surface area contributed by atoms with E-state index in [0.717, 1.165) is 22.4 Å². The van der Waals surface area contributed by atoms with Crippen LogP contribution >= 0.6 is 11.8 Å². The normalized spacial score (nSPS) is 31.6. The molecule has 2 aromatic carbocycles. The predicted octanol–water partition coefficient (Wildman–Crippen LogP) is 3.53. The molecule has 1 N–H and O–H groups in total. The van der Waals surface area contributed by atoms with Crippen LogP contribution in [-0.4, -0.2) is 80.9 Å². The number of fused-ring (bicyclic) bond motifs is 2. The highest BCUT2D eigenvalue weighted by molar-refractivity contribution is 8.02. The van der Waals surface area contributed by atoms with Gasteiger partial charge in [0.05, 0.1) is 29.2 Å². The van der Waals surface area contributed by atoms with Crippen molar-refractivity contribution in [2.75, 3.05) is 31.6 Å². The van der Waals surface area contributed by atoms with E-state index >= 15 is 0 Å². The van der Waals surface area contributed by atoms with Crippen LogP contribution in [0.5, 0.6) is 0 Å². The van der Waals surface area contributed by atoms with E-state index in [1.807, 2.05) is 87.5 Å². The lowest BCUT2D eigenvalue weighted by atomic mass is 9.74. The lowest BCUT2D eigenvalue weighted by molar-refractivity contribution is -0.144. The first-order chi connectivity index (χ1) is 19.6. The first-order valence-corrected chi connectivity index (χ1v) is 15.1. The molecular formula is C33H37N3O4S. The topological polar surface area (TPSA) is 81.2 Å². The standard InChI is InChI=1S/C33H37N3O4S/c1-21-12-13-22(2)25(18-21)35-17-9-15-33-27(26-29(38)34(4)16-8-14-32(26,3)41-33)30(39)36(28(33)31(35)40)24(20-37)19-23-10-6-5-7-11-23/h5-15,18,24,26-28,37H,16-17,19-20H2,1-4H3/t24-,26-,27+,28?,32+,33+/m1/s1. The van der Waals surface area contributed by atoms with Crippen molar-refractivity contribution in [2.24, 2.45) is 11.8 Å². The second-order valence-electron chi connectivity index (χ2n) is 12.0. The van der Waals surface area contributed by atoms with Gasteiger partial charge in [0.2, 0.25) is 11.8 Å². The van der Waals surface area contributed by atoms with Crippen LogP contribution in [0.3, 0.4) is 0 Å². The van der Waals surface area contributed by atoms with Crippen LogP contribution in [-0.2, 0) is 20.8 Å². The van der Waals surface area contributed by atoms with Gasteiger partial charge in [0.15, 0.2) is 0 Å². The highest BCUT2D eigenvalue weighted by atomic mass is 32.2. The molecule has 0 aliphatic carbocycles. The van der Waals surface area contributed by atoms with Crippen LogP contribution < -0.4 is 4.90 Å². The Morgan fingerprint density at radius 3 is 2.41 bits per heavy atom. The molecule has 3 amide bonds. The van der Waals surface area contributed by atoms with Crippen molar-refractivity contribution in [3.05, 3.63) is 89.5 Å². The maximum absolute atomic E-state index is 14.9. The summed E-state index contributed by atoms with van der Waals surface area (Å²) >= 11 is 1.57. The summed E-state index contributed by atoms with van der Waals surface area (Å²) in [4.78, 5) is 48.6. The average Bonchev–Trinajstić information content (AvgIpc) is 3.24. The molecule has 2 fully saturated rings. The van der Waals surface area contributed by atoms with Gasteiger partial charge in [-0.25, -0.2) is 0 Å². The van der Waals surface area contributed by atoms with Crippen molar-refractivity contribution in [1.29, 1.82) is 0 Å². The Bertz CT molecular complexity index is 1460. The Morgan fingerprint density at radius 1 is 0.951 bits per heavy atom. The zero-order chi connectivity index (χ0) is 29.1. The van der Waals surface area contributed by atoms with Crippen molar-refractivity contribution in [3.8, 4) is 0 Å². The van der Waals surface area contributed by atoms with E-state index in [1.165, 1.54) is 0 Å². The van der Waals surface area contributed by atoms with Gasteiger partial charge < -0.3 is 19.8 Å². The summed E-state index contributed by atoms with van der Waals surface area (Å²) in [5.74, 6) is -1.85. The van der Waals surface area contributed by atoms with Gasteiger partial charge in [-0.3, -0.25) is 14.4 Å². The van der Waals surface area contributed by atoms with Crippen LogP contribution in [0, 0.1) is 25.7 Å². The van der Waals surface area contributed by atoms with Crippen LogP contribution in [0.25, 0.3) is 0 Å². The number of carbonyl (C=O) groups excluding carboxylic acids is 3. The van der Waals surface area contributed by atoms with Gasteiger partial charge in [-0.2, -0.15) is 0 Å². The second kappa shape index (κ2) is 10.2. The van der Waals surface area contributed by atoms with Gasteiger partial charge in [-0.15, -0.1) is 11.8 Å². The Morgan fingerprint density at radius 2 is 1.68 bits per heavy atom. The number of hydrogen-bond donors (Lipinski definition) is 1. The van der Waals surface area contributed by atoms with Gasteiger partial charge in [0, 0.05) is 30.6 Å². The number of hydrogen-bond acceptors (Lipinski definition) is 5. The van der Waals surface area contributed by atoms with Crippen molar-refractivity contribution >= 4 is 35.2 Å². The van der Waals surface area contributed by atoms with Crippen molar-refractivity contribution < 1.29 is 19.5 Å². The molecule has 0 saturated carbocycles. The number of aliphatic hydroxyl groups excluding tert-OH is 1. The highest BCUT2D eigenvalue weighted by Crippen LogP contribution is 2.66. The fraction of sp³-hybridized carbons (Fsp3) is 0.424. The zero-order valence-corrected chi connectivity index (χ0v) is 24.8. The molecule has 0 aromatic heterocycles. The molecule has 2 aromatic rings. The second-order valence-corrected chi connectivity index (χ2v) is 13.8. The summed E-state index contributed by atoms with van der Waals surface area (Å²) < 4.78 is -1.61. The Kier molecular flexibility index (Phi) is 6.90. The van der Waals surface area contributed by atoms with E-state index in [9.17, 15) is 19.5 Å². The lowest BCUT2D eigenvalue weighted by Crippen LogP contribution is -2.57. The molecule has 2 saturated heterocycles. The van der Waals surface area contributed by atoms with Crippen molar-refractivity contribution in [1.82, 2.24) is 9.80 Å². The molecule has 1 unspecified atom stereocenters. The number of likely N-dealkylation sites (tertiary alicyclic amines) is 1. The predicted molar refractivity (Wildman–Crippen MR) is 162 cm³/mol. The third-order valence-corrected chi connectivity index (χ3v) is 11.1. The minimum atomic E-state index is -0.956. The summed E-state index contributed by atoms with van der Waals surface area (Å²) in [6.45, 7) is 6.57. The van der Waals surface area contributed by atoms with E-state index in [4.69, 9.17) is 0 Å². The van der Waals surface area contributed by atoms with Crippen LogP contribution in [0.1, 0.15) is 23.6 Å². The SMILES string of the molecule is Cc1ccc(C)c(N2CC=C[C@]34S[C@@]5(C)C=CCN(C)C(=O)[C@H]5[C@H]3C(=O)N([C@@H](CO)Cc3ccccc3)C4C2=O)c1. The molecular weight excluding hydrogens is 534 g/mol. The minimum absolute atomic E-state index is 0.0825. The van der Waals surface area contributed by atoms with E-state index in [2.05, 4.69) is 6.08 Å². The number of aliphatic hydroxyl groups is 1. The van der Waals surface area contributed by atoms with Crippen LogP contribution in [0.2, 0.25) is 0 Å². The first-order valence-electron chi connectivity index (χ1n) is 14.3. The molecule has 214 valence electrons. The van der Waals surface area contributed by atoms with Crippen LogP contribution in [0.15, 0.2) is 72.8 Å². The van der Waals surface area contributed by atoms with Gasteiger partial charge in [0.25, 0.3) is 5.91 Å². The monoisotopic (exact) mass is 571 g/mol. The van der Waals surface area contributed by atoms with Gasteiger partial charge in [0.1, 0.15) is 6.04 Å². The van der Waals surface area contributed by atoms with Crippen molar-refractivity contribution in [2.45, 2.75) is 48.8 Å². The van der Waals surface area contributed by atoms with Crippen LogP contribution in [0.4, 0.5) is 5.69 Å². The fourth-order valence-corrected chi connectivity index (χ4v) is 9.48. The first kappa shape index (κ1) is 27.8. The summed E-state index contributed by atoms with van der Waals surface area (Å²) in [6, 6.07) is 14.3. The Balaban J connectivity index is 1.52.